The Balaban J connectivity index is 1.55. The van der Waals surface area contributed by atoms with Crippen LogP contribution < -0.4 is 26.0 Å². The molecule has 5 N–H and O–H groups in total. The second-order valence-corrected chi connectivity index (χ2v) is 13.7. The lowest BCUT2D eigenvalue weighted by atomic mass is 10.0. The smallest absolute Gasteiger partial charge is 0.308 e. The van der Waals surface area contributed by atoms with Crippen molar-refractivity contribution in [3.05, 3.63) is 90.1 Å². The fraction of sp³-hybridized carbons (Fsp3) is 0.375. The summed E-state index contributed by atoms with van der Waals surface area (Å²) in [6.07, 6.45) is 1.20. The van der Waals surface area contributed by atoms with Gasteiger partial charge in [0.2, 0.25) is 17.7 Å². The first kappa shape index (κ1) is 44.9. The summed E-state index contributed by atoms with van der Waals surface area (Å²) >= 11 is 0. The number of esters is 2. The molecule has 2 aromatic heterocycles. The number of rotatable bonds is 21. The number of imidazole rings is 1. The monoisotopic (exact) mass is 821 g/mol. The number of ketones is 1. The molecule has 0 aliphatic rings. The first-order chi connectivity index (χ1) is 28.2. The number of benzene rings is 2. The Bertz CT molecular complexity index is 2110. The molecule has 2 heterocycles. The predicted molar refractivity (Wildman–Crippen MR) is 205 cm³/mol. The van der Waals surface area contributed by atoms with Crippen molar-refractivity contribution in [1.82, 2.24) is 36.2 Å². The van der Waals surface area contributed by atoms with E-state index in [-0.39, 0.29) is 37.3 Å². The second-order valence-electron chi connectivity index (χ2n) is 13.7. The summed E-state index contributed by atoms with van der Waals surface area (Å²) < 4.78 is 42.8. The Kier molecular flexibility index (Phi) is 16.5. The maximum absolute atomic E-state index is 14.2. The third-order valence-electron chi connectivity index (χ3n) is 8.85. The fourth-order valence-electron chi connectivity index (χ4n) is 5.76. The normalized spacial score (nSPS) is 13.0. The van der Waals surface area contributed by atoms with Crippen LogP contribution in [0.15, 0.2) is 67.1 Å². The molecule has 4 rings (SSSR count). The minimum Gasteiger partial charge on any atom is -0.480 e. The largest absolute Gasteiger partial charge is 0.480 e. The summed E-state index contributed by atoms with van der Waals surface area (Å²) in [5.74, 6) is -9.14. The molecule has 17 nitrogen and oxygen atoms in total. The van der Waals surface area contributed by atoms with Crippen LogP contribution in [-0.2, 0) is 44.7 Å². The number of hydrogen-bond donors (Lipinski definition) is 5. The van der Waals surface area contributed by atoms with E-state index in [1.165, 1.54) is 18.6 Å². The zero-order chi connectivity index (χ0) is 43.1. The Labute approximate surface area is 337 Å². The molecule has 0 saturated carbocycles. The average Bonchev–Trinajstić information content (AvgIpc) is 3.73. The van der Waals surface area contributed by atoms with Gasteiger partial charge in [0.05, 0.1) is 32.5 Å². The number of pyridine rings is 1. The Morgan fingerprint density at radius 2 is 1.39 bits per heavy atom. The molecule has 314 valence electrons. The number of H-pyrrole nitrogens is 1. The van der Waals surface area contributed by atoms with Gasteiger partial charge in [-0.05, 0) is 43.0 Å². The van der Waals surface area contributed by atoms with Gasteiger partial charge in [0.15, 0.2) is 23.2 Å². The van der Waals surface area contributed by atoms with Crippen LogP contribution in [0.3, 0.4) is 0 Å². The molecule has 4 unspecified atom stereocenters. The minimum atomic E-state index is -1.65. The van der Waals surface area contributed by atoms with Gasteiger partial charge in [-0.2, -0.15) is 0 Å². The lowest BCUT2D eigenvalue weighted by Gasteiger charge is -2.26. The number of fused-ring (bicyclic) bond motifs is 1. The van der Waals surface area contributed by atoms with Gasteiger partial charge in [0.1, 0.15) is 36.5 Å². The third kappa shape index (κ3) is 13.4. The van der Waals surface area contributed by atoms with E-state index in [1.54, 1.807) is 18.2 Å². The second kappa shape index (κ2) is 21.7. The van der Waals surface area contributed by atoms with E-state index in [9.17, 15) is 42.3 Å². The molecule has 0 radical (unpaired) electrons. The van der Waals surface area contributed by atoms with E-state index >= 15 is 0 Å². The van der Waals surface area contributed by atoms with Gasteiger partial charge < -0.3 is 40.5 Å². The number of carbonyl (C=O) groups is 7. The molecule has 19 heteroatoms. The van der Waals surface area contributed by atoms with Crippen molar-refractivity contribution < 1.29 is 56.6 Å². The summed E-state index contributed by atoms with van der Waals surface area (Å²) in [5, 5.41) is 11.0. The molecule has 0 fully saturated rings. The van der Waals surface area contributed by atoms with Crippen molar-refractivity contribution in [2.24, 2.45) is 5.92 Å². The Morgan fingerprint density at radius 1 is 0.746 bits per heavy atom. The Morgan fingerprint density at radius 3 is 2.05 bits per heavy atom. The summed E-state index contributed by atoms with van der Waals surface area (Å²) in [6.45, 7) is 2.68. The molecule has 0 aliphatic heterocycles. The number of nitrogens with one attached hydrogen (secondary N) is 5. The predicted octanol–water partition coefficient (Wildman–Crippen LogP) is 2.24. The highest BCUT2D eigenvalue weighted by Gasteiger charge is 2.33. The summed E-state index contributed by atoms with van der Waals surface area (Å²) in [6, 6.07) is 7.48. The molecular formula is C40H45F2N7O10. The highest BCUT2D eigenvalue weighted by atomic mass is 19.1. The van der Waals surface area contributed by atoms with Crippen molar-refractivity contribution in [1.29, 1.82) is 0 Å². The van der Waals surface area contributed by atoms with E-state index in [2.05, 4.69) is 41.0 Å². The first-order valence-corrected chi connectivity index (χ1v) is 18.5. The van der Waals surface area contributed by atoms with Crippen LogP contribution in [0.5, 0.6) is 5.75 Å². The topological polar surface area (TPSA) is 237 Å². The number of carbonyl (C=O) groups excluding carboxylic acids is 7. The molecule has 0 saturated heterocycles. The maximum atomic E-state index is 14.2. The number of amides is 4. The van der Waals surface area contributed by atoms with E-state index in [0.717, 1.165) is 37.8 Å². The third-order valence-corrected chi connectivity index (χ3v) is 8.85. The molecule has 0 aliphatic carbocycles. The van der Waals surface area contributed by atoms with E-state index < -0.39 is 95.9 Å². The number of nitrogens with zero attached hydrogens (tertiary/aromatic N) is 2. The molecule has 4 atom stereocenters. The average molecular weight is 822 g/mol. The first-order valence-electron chi connectivity index (χ1n) is 18.5. The van der Waals surface area contributed by atoms with Crippen molar-refractivity contribution in [2.75, 3.05) is 20.8 Å². The zero-order valence-electron chi connectivity index (χ0n) is 32.7. The summed E-state index contributed by atoms with van der Waals surface area (Å²) in [4.78, 5) is 104. The van der Waals surface area contributed by atoms with E-state index in [4.69, 9.17) is 9.47 Å². The molecule has 4 aromatic rings. The van der Waals surface area contributed by atoms with Crippen LogP contribution in [0.25, 0.3) is 10.9 Å². The molecular weight excluding hydrogens is 776 g/mol. The zero-order valence-corrected chi connectivity index (χ0v) is 32.7. The van der Waals surface area contributed by atoms with Gasteiger partial charge in [0, 0.05) is 30.1 Å². The summed E-state index contributed by atoms with van der Waals surface area (Å²) in [7, 11) is 2.18. The summed E-state index contributed by atoms with van der Waals surface area (Å²) in [5.41, 5.74) is 0.954. The highest BCUT2D eigenvalue weighted by molar-refractivity contribution is 5.99. The van der Waals surface area contributed by atoms with E-state index in [0.29, 0.717) is 11.2 Å². The van der Waals surface area contributed by atoms with Gasteiger partial charge in [-0.15, -0.1) is 0 Å². The van der Waals surface area contributed by atoms with Crippen LogP contribution in [0.4, 0.5) is 8.78 Å². The van der Waals surface area contributed by atoms with Crippen molar-refractivity contribution >= 4 is 52.3 Å². The molecule has 0 spiro atoms. The quantitative estimate of drug-likeness (QED) is 0.0762. The van der Waals surface area contributed by atoms with Crippen molar-refractivity contribution in [2.45, 2.75) is 70.1 Å². The minimum absolute atomic E-state index is 0.0489. The Hall–Kier alpha value is -6.79. The van der Waals surface area contributed by atoms with Crippen LogP contribution in [0.1, 0.15) is 55.7 Å². The van der Waals surface area contributed by atoms with Crippen molar-refractivity contribution in [3.63, 3.8) is 0 Å². The van der Waals surface area contributed by atoms with Gasteiger partial charge in [-0.3, -0.25) is 33.6 Å². The SMILES string of the molecule is COC(=O)CCC(NC(=O)C(CC(C)C)NC(=O)c1ccc2ccccc2n1)C(=O)NC(Cc1cnc[nH]1)C(=O)NC(CC(=O)OC)C(=O)COc1c(F)cccc1F. The lowest BCUT2D eigenvalue weighted by Crippen LogP contribution is -2.58. The van der Waals surface area contributed by atoms with Crippen LogP contribution in [0.2, 0.25) is 0 Å². The number of aromatic nitrogens is 3. The molecule has 2 aromatic carbocycles. The number of para-hydroxylation sites is 2. The standard InChI is InChI=1S/C40H45F2N7O10/c1-22(2)16-31(48-37(53)28-13-12-23-8-5-6-11-27(23)45-28)39(55)46-29(14-15-34(51)57-3)38(54)49-32(17-24-19-43-21-44-24)40(56)47-30(18-35(52)58-4)33(50)20-59-36-25(41)9-7-10-26(36)42/h5-13,19,21-22,29-32H,14-18,20H2,1-4H3,(H,43,44)(H,46,55)(H,47,56)(H,48,53)(H,49,54). The van der Waals surface area contributed by atoms with Crippen molar-refractivity contribution in [3.8, 4) is 5.75 Å². The number of aromatic amines is 1. The number of hydrogen-bond acceptors (Lipinski definition) is 12. The van der Waals surface area contributed by atoms with Crippen LogP contribution >= 0.6 is 0 Å². The van der Waals surface area contributed by atoms with Gasteiger partial charge in [-0.1, -0.05) is 44.2 Å². The van der Waals surface area contributed by atoms with Gasteiger partial charge in [-0.25, -0.2) is 18.7 Å². The van der Waals surface area contributed by atoms with Crippen LogP contribution in [-0.4, -0.2) is 101 Å². The van der Waals surface area contributed by atoms with E-state index in [1.807, 2.05) is 26.0 Å². The fourth-order valence-corrected chi connectivity index (χ4v) is 5.76. The number of methoxy groups -OCH3 is 2. The molecule has 4 amide bonds. The lowest BCUT2D eigenvalue weighted by molar-refractivity contribution is -0.144. The van der Waals surface area contributed by atoms with Crippen LogP contribution in [0, 0.1) is 17.6 Å². The maximum Gasteiger partial charge on any atom is 0.308 e. The number of ether oxygens (including phenoxy) is 3. The molecule has 59 heavy (non-hydrogen) atoms. The van der Waals surface area contributed by atoms with Gasteiger partial charge in [0.25, 0.3) is 5.91 Å². The number of Topliss-reactive ketones (excluding diaryl/α,β-unsaturated/α-hetero) is 1. The molecule has 0 bridgehead atoms. The highest BCUT2D eigenvalue weighted by Crippen LogP contribution is 2.21. The number of halogens is 2. The van der Waals surface area contributed by atoms with Gasteiger partial charge >= 0.3 is 11.9 Å².